The maximum atomic E-state index is 12.5. The van der Waals surface area contributed by atoms with Gasteiger partial charge in [0.25, 0.3) is 5.91 Å². The molecule has 1 amide bonds. The molecule has 0 N–H and O–H groups in total. The van der Waals surface area contributed by atoms with Gasteiger partial charge in [0.15, 0.2) is 4.32 Å². The lowest BCUT2D eigenvalue weighted by Crippen LogP contribution is -2.27. The van der Waals surface area contributed by atoms with Crippen LogP contribution in [-0.2, 0) is 4.79 Å². The normalized spacial score (nSPS) is 16.8. The number of thiocarbonyl (C=S) groups is 1. The highest BCUT2D eigenvalue weighted by Gasteiger charge is 2.33. The van der Waals surface area contributed by atoms with Gasteiger partial charge >= 0.3 is 0 Å². The fraction of sp³-hybridized carbons (Fsp3) is 0. The highest BCUT2D eigenvalue weighted by Crippen LogP contribution is 2.36. The topological polar surface area (TPSA) is 20.3 Å². The van der Waals surface area contributed by atoms with Crippen LogP contribution in [0.25, 0.3) is 6.08 Å². The summed E-state index contributed by atoms with van der Waals surface area (Å²) in [6.45, 7) is 0. The van der Waals surface area contributed by atoms with Crippen LogP contribution in [0.5, 0.6) is 0 Å². The highest BCUT2D eigenvalue weighted by atomic mass is 35.5. The van der Waals surface area contributed by atoms with Gasteiger partial charge in [-0.3, -0.25) is 9.69 Å². The molecule has 2 nitrogen and oxygen atoms in total. The monoisotopic (exact) mass is 331 g/mol. The molecule has 2 aromatic rings. The Labute approximate surface area is 137 Å². The number of carbonyl (C=O) groups is 1. The van der Waals surface area contributed by atoms with E-state index < -0.39 is 0 Å². The quantitative estimate of drug-likeness (QED) is 0.585. The van der Waals surface area contributed by atoms with Gasteiger partial charge in [0.2, 0.25) is 0 Å². The molecule has 5 heteroatoms. The average Bonchev–Trinajstić information content (AvgIpc) is 2.74. The Kier molecular flexibility index (Phi) is 4.10. The van der Waals surface area contributed by atoms with Crippen molar-refractivity contribution in [2.45, 2.75) is 0 Å². The number of hydrogen-bond acceptors (Lipinski definition) is 3. The van der Waals surface area contributed by atoms with Crippen LogP contribution in [0, 0.1) is 0 Å². The third kappa shape index (κ3) is 3.02. The lowest BCUT2D eigenvalue weighted by molar-refractivity contribution is -0.113. The molecule has 0 radical (unpaired) electrons. The summed E-state index contributed by atoms with van der Waals surface area (Å²) < 4.78 is 0.518. The average molecular weight is 332 g/mol. The molecule has 1 saturated heterocycles. The molecule has 0 aliphatic carbocycles. The van der Waals surface area contributed by atoms with Gasteiger partial charge in [0.1, 0.15) is 0 Å². The van der Waals surface area contributed by atoms with Gasteiger partial charge in [0.05, 0.1) is 10.6 Å². The van der Waals surface area contributed by atoms with Crippen molar-refractivity contribution in [2.24, 2.45) is 0 Å². The van der Waals surface area contributed by atoms with Crippen molar-refractivity contribution in [3.63, 3.8) is 0 Å². The molecule has 0 atom stereocenters. The van der Waals surface area contributed by atoms with E-state index >= 15 is 0 Å². The van der Waals surface area contributed by atoms with E-state index in [0.717, 1.165) is 5.56 Å². The summed E-state index contributed by atoms with van der Waals surface area (Å²) >= 11 is 12.6. The molecule has 104 valence electrons. The van der Waals surface area contributed by atoms with Gasteiger partial charge in [-0.2, -0.15) is 0 Å². The van der Waals surface area contributed by atoms with Crippen LogP contribution in [-0.4, -0.2) is 10.2 Å². The molecule has 0 spiro atoms. The van der Waals surface area contributed by atoms with Crippen molar-refractivity contribution in [2.75, 3.05) is 4.90 Å². The van der Waals surface area contributed by atoms with Gasteiger partial charge in [-0.25, -0.2) is 0 Å². The SMILES string of the molecule is O=C1/C(=C\c2ccccc2)SC(=S)N1c1cccc(Cl)c1. The third-order valence-corrected chi connectivity index (χ3v) is 4.49. The Morgan fingerprint density at radius 1 is 1.10 bits per heavy atom. The number of anilines is 1. The van der Waals surface area contributed by atoms with Gasteiger partial charge in [-0.05, 0) is 29.8 Å². The zero-order valence-electron chi connectivity index (χ0n) is 10.8. The van der Waals surface area contributed by atoms with Crippen molar-refractivity contribution in [3.05, 3.63) is 70.1 Å². The molecule has 1 aliphatic heterocycles. The van der Waals surface area contributed by atoms with E-state index in [1.807, 2.05) is 42.5 Å². The van der Waals surface area contributed by atoms with E-state index in [1.165, 1.54) is 16.7 Å². The van der Waals surface area contributed by atoms with Crippen LogP contribution in [0.15, 0.2) is 59.5 Å². The number of amides is 1. The maximum Gasteiger partial charge on any atom is 0.270 e. The molecule has 1 heterocycles. The van der Waals surface area contributed by atoms with Crippen LogP contribution in [0.3, 0.4) is 0 Å². The van der Waals surface area contributed by atoms with Gasteiger partial charge < -0.3 is 0 Å². The molecule has 0 bridgehead atoms. The summed E-state index contributed by atoms with van der Waals surface area (Å²) in [6.07, 6.45) is 1.85. The molecular weight excluding hydrogens is 322 g/mol. The minimum Gasteiger partial charge on any atom is -0.268 e. The smallest absolute Gasteiger partial charge is 0.268 e. The predicted octanol–water partition coefficient (Wildman–Crippen LogP) is 4.75. The molecule has 3 rings (SSSR count). The first kappa shape index (κ1) is 14.3. The Hall–Kier alpha value is -1.62. The number of carbonyl (C=O) groups excluding carboxylic acids is 1. The van der Waals surface area contributed by atoms with E-state index in [4.69, 9.17) is 23.8 Å². The Morgan fingerprint density at radius 2 is 1.86 bits per heavy atom. The van der Waals surface area contributed by atoms with E-state index in [9.17, 15) is 4.79 Å². The van der Waals surface area contributed by atoms with Crippen molar-refractivity contribution in [1.29, 1.82) is 0 Å². The van der Waals surface area contributed by atoms with Crippen molar-refractivity contribution in [1.82, 2.24) is 0 Å². The molecule has 0 aromatic heterocycles. The van der Waals surface area contributed by atoms with Gasteiger partial charge in [-0.1, -0.05) is 72.0 Å². The lowest BCUT2D eigenvalue weighted by atomic mass is 10.2. The first-order valence-electron chi connectivity index (χ1n) is 6.24. The molecule has 2 aromatic carbocycles. The maximum absolute atomic E-state index is 12.5. The largest absolute Gasteiger partial charge is 0.270 e. The van der Waals surface area contributed by atoms with E-state index in [1.54, 1.807) is 18.2 Å². The Morgan fingerprint density at radius 3 is 2.57 bits per heavy atom. The van der Waals surface area contributed by atoms with Crippen LogP contribution < -0.4 is 4.90 Å². The fourth-order valence-corrected chi connectivity index (χ4v) is 3.49. The first-order valence-corrected chi connectivity index (χ1v) is 7.84. The summed E-state index contributed by atoms with van der Waals surface area (Å²) in [5, 5.41) is 0.577. The fourth-order valence-electron chi connectivity index (χ4n) is 2.01. The molecule has 21 heavy (non-hydrogen) atoms. The van der Waals surface area contributed by atoms with E-state index in [0.29, 0.717) is 19.9 Å². The van der Waals surface area contributed by atoms with Gasteiger partial charge in [-0.15, -0.1) is 0 Å². The van der Waals surface area contributed by atoms with Crippen LogP contribution in [0.2, 0.25) is 5.02 Å². The first-order chi connectivity index (χ1) is 10.1. The summed E-state index contributed by atoms with van der Waals surface area (Å²) in [5.74, 6) is -0.115. The summed E-state index contributed by atoms with van der Waals surface area (Å²) in [5.41, 5.74) is 1.67. The molecule has 0 unspecified atom stereocenters. The number of nitrogens with zero attached hydrogens (tertiary/aromatic N) is 1. The van der Waals surface area contributed by atoms with Gasteiger partial charge in [0, 0.05) is 5.02 Å². The summed E-state index contributed by atoms with van der Waals surface area (Å²) in [7, 11) is 0. The molecular formula is C16H10ClNOS2. The number of benzene rings is 2. The molecule has 0 saturated carbocycles. The number of rotatable bonds is 2. The zero-order valence-corrected chi connectivity index (χ0v) is 13.2. The van der Waals surface area contributed by atoms with Crippen LogP contribution in [0.4, 0.5) is 5.69 Å². The van der Waals surface area contributed by atoms with Crippen molar-refractivity contribution < 1.29 is 4.79 Å². The summed E-state index contributed by atoms with van der Waals surface area (Å²) in [6, 6.07) is 16.8. The number of hydrogen-bond donors (Lipinski definition) is 0. The standard InChI is InChI=1S/C16H10ClNOS2/c17-12-7-4-8-13(10-12)18-15(19)14(21-16(18)20)9-11-5-2-1-3-6-11/h1-10H/b14-9+. The van der Waals surface area contributed by atoms with Crippen molar-refractivity contribution in [3.8, 4) is 0 Å². The number of thioether (sulfide) groups is 1. The predicted molar refractivity (Wildman–Crippen MR) is 93.5 cm³/mol. The van der Waals surface area contributed by atoms with E-state index in [-0.39, 0.29) is 5.91 Å². The number of halogens is 1. The van der Waals surface area contributed by atoms with Crippen LogP contribution in [0.1, 0.15) is 5.56 Å². The molecule has 1 fully saturated rings. The molecule has 1 aliphatic rings. The second-order valence-corrected chi connectivity index (χ2v) is 6.52. The van der Waals surface area contributed by atoms with Crippen LogP contribution >= 0.6 is 35.6 Å². The van der Waals surface area contributed by atoms with Crippen molar-refractivity contribution >= 4 is 57.6 Å². The summed E-state index contributed by atoms with van der Waals surface area (Å²) in [4.78, 5) is 14.7. The minimum atomic E-state index is -0.115. The lowest BCUT2D eigenvalue weighted by Gasteiger charge is -2.14. The highest BCUT2D eigenvalue weighted by molar-refractivity contribution is 8.27. The second-order valence-electron chi connectivity index (χ2n) is 4.41. The Bertz CT molecular complexity index is 743. The third-order valence-electron chi connectivity index (χ3n) is 2.96. The Balaban J connectivity index is 1.94. The zero-order chi connectivity index (χ0) is 14.8. The minimum absolute atomic E-state index is 0.115. The van der Waals surface area contributed by atoms with E-state index in [2.05, 4.69) is 0 Å². The second kappa shape index (κ2) is 6.02.